The Morgan fingerprint density at radius 2 is 2.03 bits per heavy atom. The average molecular weight is 479 g/mol. The molecular formula is C21H27BrN4O4. The minimum atomic E-state index is -0.878. The third kappa shape index (κ3) is 4.66. The molecule has 2 aliphatic rings. The molecule has 1 aromatic rings. The highest BCUT2D eigenvalue weighted by atomic mass is 79.9. The van der Waals surface area contributed by atoms with Crippen molar-refractivity contribution < 1.29 is 19.2 Å². The van der Waals surface area contributed by atoms with E-state index in [1.165, 1.54) is 0 Å². The van der Waals surface area contributed by atoms with Crippen molar-refractivity contribution in [2.24, 2.45) is 5.92 Å². The number of carbonyl (C=O) groups excluding carboxylic acids is 4. The first-order valence-electron chi connectivity index (χ1n) is 10.2. The molecule has 1 saturated carbocycles. The molecule has 1 aromatic carbocycles. The van der Waals surface area contributed by atoms with Crippen molar-refractivity contribution in [3.63, 3.8) is 0 Å². The molecule has 1 spiro atoms. The lowest BCUT2D eigenvalue weighted by atomic mass is 9.73. The molecule has 2 atom stereocenters. The van der Waals surface area contributed by atoms with E-state index in [9.17, 15) is 19.2 Å². The Labute approximate surface area is 184 Å². The monoisotopic (exact) mass is 478 g/mol. The van der Waals surface area contributed by atoms with E-state index < -0.39 is 17.5 Å². The number of carbonyl (C=O) groups is 4. The van der Waals surface area contributed by atoms with Crippen LogP contribution in [0.4, 0.5) is 10.5 Å². The van der Waals surface area contributed by atoms with Crippen LogP contribution in [0.5, 0.6) is 0 Å². The number of anilines is 1. The first-order chi connectivity index (χ1) is 14.2. The molecular weight excluding hydrogens is 452 g/mol. The Hall–Kier alpha value is -2.42. The number of hydrogen-bond acceptors (Lipinski definition) is 4. The van der Waals surface area contributed by atoms with Crippen LogP contribution in [0.3, 0.4) is 0 Å². The first-order valence-corrected chi connectivity index (χ1v) is 11.0. The zero-order valence-corrected chi connectivity index (χ0v) is 18.8. The van der Waals surface area contributed by atoms with Crippen molar-refractivity contribution in [2.45, 2.75) is 51.5 Å². The maximum Gasteiger partial charge on any atom is 0.325 e. The van der Waals surface area contributed by atoms with Gasteiger partial charge < -0.3 is 16.0 Å². The smallest absolute Gasteiger partial charge is 0.325 e. The number of aryl methyl sites for hydroxylation is 1. The summed E-state index contributed by atoms with van der Waals surface area (Å²) in [6, 6.07) is 5.07. The fraction of sp³-hybridized carbons (Fsp3) is 0.524. The summed E-state index contributed by atoms with van der Waals surface area (Å²) in [6.07, 6.45) is 3.47. The van der Waals surface area contributed by atoms with Gasteiger partial charge in [-0.05, 0) is 43.4 Å². The van der Waals surface area contributed by atoms with Crippen LogP contribution in [0.2, 0.25) is 0 Å². The third-order valence-corrected chi connectivity index (χ3v) is 6.44. The number of nitrogens with zero attached hydrogens (tertiary/aromatic N) is 1. The summed E-state index contributed by atoms with van der Waals surface area (Å²) < 4.78 is 0.857. The second-order valence-electron chi connectivity index (χ2n) is 8.05. The first kappa shape index (κ1) is 22.3. The highest BCUT2D eigenvalue weighted by molar-refractivity contribution is 9.10. The lowest BCUT2D eigenvalue weighted by molar-refractivity contribution is -0.137. The van der Waals surface area contributed by atoms with E-state index in [0.717, 1.165) is 34.2 Å². The SMILES string of the molecule is Cc1ccc(Br)cc1NC(=O)CCNC(=O)CN1C(=O)NC2(CCCCC2C)C1=O. The largest absolute Gasteiger partial charge is 0.354 e. The second kappa shape index (κ2) is 9.16. The standard InChI is InChI=1S/C21H27BrN4O4/c1-13-6-7-15(22)11-16(13)24-17(27)8-10-23-18(28)12-26-19(29)21(25-20(26)30)9-4-3-5-14(21)2/h6-7,11,14H,3-5,8-10,12H2,1-2H3,(H,23,28)(H,24,27)(H,25,30). The van der Waals surface area contributed by atoms with Gasteiger partial charge in [0.05, 0.1) is 0 Å². The van der Waals surface area contributed by atoms with E-state index in [0.29, 0.717) is 12.1 Å². The van der Waals surface area contributed by atoms with Gasteiger partial charge in [0.25, 0.3) is 5.91 Å². The molecule has 0 aromatic heterocycles. The van der Waals surface area contributed by atoms with E-state index in [1.54, 1.807) is 0 Å². The summed E-state index contributed by atoms with van der Waals surface area (Å²) in [4.78, 5) is 50.6. The van der Waals surface area contributed by atoms with Crippen LogP contribution >= 0.6 is 15.9 Å². The van der Waals surface area contributed by atoms with Gasteiger partial charge in [0, 0.05) is 23.1 Å². The Bertz CT molecular complexity index is 875. The molecule has 1 saturated heterocycles. The molecule has 30 heavy (non-hydrogen) atoms. The number of rotatable bonds is 6. The van der Waals surface area contributed by atoms with Crippen molar-refractivity contribution in [3.8, 4) is 0 Å². The maximum absolute atomic E-state index is 12.9. The van der Waals surface area contributed by atoms with Crippen molar-refractivity contribution >= 4 is 45.4 Å². The molecule has 0 bridgehead atoms. The minimum absolute atomic E-state index is 0.0425. The molecule has 5 amide bonds. The van der Waals surface area contributed by atoms with Gasteiger partial charge in [0.15, 0.2) is 0 Å². The number of halogens is 1. The Balaban J connectivity index is 1.48. The summed E-state index contributed by atoms with van der Waals surface area (Å²) in [5.41, 5.74) is 0.754. The quantitative estimate of drug-likeness (QED) is 0.546. The van der Waals surface area contributed by atoms with Crippen molar-refractivity contribution in [1.82, 2.24) is 15.5 Å². The molecule has 2 unspecified atom stereocenters. The number of amides is 5. The van der Waals surface area contributed by atoms with Gasteiger partial charge in [-0.3, -0.25) is 19.3 Å². The molecule has 2 fully saturated rings. The summed E-state index contributed by atoms with van der Waals surface area (Å²) in [7, 11) is 0. The molecule has 1 heterocycles. The third-order valence-electron chi connectivity index (χ3n) is 5.95. The van der Waals surface area contributed by atoms with Crippen LogP contribution in [0.1, 0.15) is 44.6 Å². The molecule has 3 rings (SSSR count). The summed E-state index contributed by atoms with van der Waals surface area (Å²) in [6.45, 7) is 3.63. The molecule has 1 aliphatic heterocycles. The Morgan fingerprint density at radius 3 is 2.77 bits per heavy atom. The van der Waals surface area contributed by atoms with E-state index in [-0.39, 0.29) is 37.2 Å². The summed E-state index contributed by atoms with van der Waals surface area (Å²) in [5, 5.41) is 8.24. The average Bonchev–Trinajstić information content (AvgIpc) is 2.92. The van der Waals surface area contributed by atoms with Gasteiger partial charge in [-0.1, -0.05) is 41.8 Å². The van der Waals surface area contributed by atoms with E-state index in [1.807, 2.05) is 32.0 Å². The van der Waals surface area contributed by atoms with Crippen LogP contribution in [0.15, 0.2) is 22.7 Å². The number of benzene rings is 1. The maximum atomic E-state index is 12.9. The number of hydrogen-bond donors (Lipinski definition) is 3. The van der Waals surface area contributed by atoms with Crippen molar-refractivity contribution in [2.75, 3.05) is 18.4 Å². The van der Waals surface area contributed by atoms with Crippen molar-refractivity contribution in [1.29, 1.82) is 0 Å². The van der Waals surface area contributed by atoms with Crippen LogP contribution in [-0.4, -0.2) is 47.3 Å². The van der Waals surface area contributed by atoms with Crippen molar-refractivity contribution in [3.05, 3.63) is 28.2 Å². The van der Waals surface area contributed by atoms with E-state index >= 15 is 0 Å². The van der Waals surface area contributed by atoms with Gasteiger partial charge in [-0.2, -0.15) is 0 Å². The zero-order chi connectivity index (χ0) is 21.9. The van der Waals surface area contributed by atoms with Gasteiger partial charge >= 0.3 is 6.03 Å². The highest BCUT2D eigenvalue weighted by Crippen LogP contribution is 2.38. The highest BCUT2D eigenvalue weighted by Gasteiger charge is 2.55. The molecule has 0 radical (unpaired) electrons. The molecule has 162 valence electrons. The number of nitrogens with one attached hydrogen (secondary N) is 3. The number of imide groups is 1. The molecule has 1 aliphatic carbocycles. The van der Waals surface area contributed by atoms with Crippen LogP contribution in [-0.2, 0) is 14.4 Å². The number of urea groups is 1. The molecule has 9 heteroatoms. The minimum Gasteiger partial charge on any atom is -0.354 e. The van der Waals surface area contributed by atoms with Crippen LogP contribution in [0.25, 0.3) is 0 Å². The Kier molecular flexibility index (Phi) is 6.80. The predicted molar refractivity (Wildman–Crippen MR) is 116 cm³/mol. The van der Waals surface area contributed by atoms with Gasteiger partial charge in [0.1, 0.15) is 12.1 Å². The topological polar surface area (TPSA) is 108 Å². The van der Waals surface area contributed by atoms with Gasteiger partial charge in [0.2, 0.25) is 11.8 Å². The second-order valence-corrected chi connectivity index (χ2v) is 8.96. The lowest BCUT2D eigenvalue weighted by Gasteiger charge is -2.36. The molecule has 3 N–H and O–H groups in total. The summed E-state index contributed by atoms with van der Waals surface area (Å²) >= 11 is 3.37. The van der Waals surface area contributed by atoms with Gasteiger partial charge in [-0.25, -0.2) is 4.79 Å². The molecule has 8 nitrogen and oxygen atoms in total. The summed E-state index contributed by atoms with van der Waals surface area (Å²) in [5.74, 6) is -0.981. The van der Waals surface area contributed by atoms with Crippen LogP contribution in [0, 0.1) is 12.8 Å². The lowest BCUT2D eigenvalue weighted by Crippen LogP contribution is -2.54. The Morgan fingerprint density at radius 1 is 1.27 bits per heavy atom. The predicted octanol–water partition coefficient (Wildman–Crippen LogP) is 2.70. The fourth-order valence-corrected chi connectivity index (χ4v) is 4.46. The zero-order valence-electron chi connectivity index (χ0n) is 17.2. The normalized spacial score (nSPS) is 23.4. The van der Waals surface area contributed by atoms with Crippen LogP contribution < -0.4 is 16.0 Å². The van der Waals surface area contributed by atoms with E-state index in [4.69, 9.17) is 0 Å². The fourth-order valence-electron chi connectivity index (χ4n) is 4.10. The van der Waals surface area contributed by atoms with Gasteiger partial charge in [-0.15, -0.1) is 0 Å². The van der Waals surface area contributed by atoms with E-state index in [2.05, 4.69) is 31.9 Å².